The molecule has 1 aliphatic rings. The Balaban J connectivity index is 1.44. The minimum absolute atomic E-state index is 0.0382. The van der Waals surface area contributed by atoms with E-state index in [0.29, 0.717) is 18.7 Å². The third-order valence-corrected chi connectivity index (χ3v) is 5.42. The number of carbonyl (C=O) groups is 2. The first-order valence-corrected chi connectivity index (χ1v) is 9.75. The van der Waals surface area contributed by atoms with E-state index in [4.69, 9.17) is 5.73 Å². The van der Waals surface area contributed by atoms with Crippen LogP contribution in [0, 0.1) is 0 Å². The fourth-order valence-electron chi connectivity index (χ4n) is 3.82. The Morgan fingerprint density at radius 3 is 2.87 bits per heavy atom. The lowest BCUT2D eigenvalue weighted by atomic mass is 10.1. The number of amides is 3. The quantitative estimate of drug-likeness (QED) is 0.658. The lowest BCUT2D eigenvalue weighted by Gasteiger charge is -2.32. The zero-order valence-corrected chi connectivity index (χ0v) is 16.6. The van der Waals surface area contributed by atoms with Crippen LogP contribution in [0.1, 0.15) is 35.1 Å². The molecule has 0 radical (unpaired) electrons. The minimum atomic E-state index is -0.684. The number of rotatable bonds is 4. The van der Waals surface area contributed by atoms with Gasteiger partial charge in [0.2, 0.25) is 5.82 Å². The number of benzene rings is 1. The molecule has 10 heteroatoms. The van der Waals surface area contributed by atoms with Crippen molar-refractivity contribution in [2.45, 2.75) is 25.4 Å². The molecule has 3 N–H and O–H groups in total. The van der Waals surface area contributed by atoms with Gasteiger partial charge in [-0.1, -0.05) is 18.2 Å². The summed E-state index contributed by atoms with van der Waals surface area (Å²) in [5, 5.41) is 7.89. The molecule has 2 aromatic heterocycles. The molecule has 4 rings (SSSR count). The number of hydrogen-bond acceptors (Lipinski definition) is 5. The van der Waals surface area contributed by atoms with Crippen molar-refractivity contribution in [3.05, 3.63) is 58.4 Å². The van der Waals surface area contributed by atoms with Crippen LogP contribution in [-0.4, -0.2) is 49.3 Å². The number of fused-ring (bicyclic) bond motifs is 1. The molecule has 1 atom stereocenters. The van der Waals surface area contributed by atoms with Gasteiger partial charge < -0.3 is 20.5 Å². The van der Waals surface area contributed by atoms with Gasteiger partial charge in [-0.3, -0.25) is 9.59 Å². The summed E-state index contributed by atoms with van der Waals surface area (Å²) < 4.78 is 3.17. The molecule has 0 spiro atoms. The van der Waals surface area contributed by atoms with Crippen molar-refractivity contribution in [3.63, 3.8) is 0 Å². The van der Waals surface area contributed by atoms with Gasteiger partial charge in [0.15, 0.2) is 0 Å². The molecule has 1 unspecified atom stereocenters. The fourth-order valence-corrected chi connectivity index (χ4v) is 3.82. The molecular formula is C20H23N7O3. The molecule has 1 aliphatic heterocycles. The van der Waals surface area contributed by atoms with Crippen molar-refractivity contribution in [1.29, 1.82) is 0 Å². The number of carbonyl (C=O) groups excluding carboxylic acids is 2. The van der Waals surface area contributed by atoms with Crippen molar-refractivity contribution in [1.82, 2.24) is 29.5 Å². The van der Waals surface area contributed by atoms with E-state index in [1.807, 2.05) is 30.3 Å². The normalized spacial score (nSPS) is 16.6. The molecule has 3 heterocycles. The molecule has 0 bridgehead atoms. The summed E-state index contributed by atoms with van der Waals surface area (Å²) >= 11 is 0. The van der Waals surface area contributed by atoms with Gasteiger partial charge in [0.25, 0.3) is 11.5 Å². The second-order valence-electron chi connectivity index (χ2n) is 7.41. The standard InChI is InChI=1S/C20H23N7O3/c1-25-16-7-3-2-5-13(16)9-14(19(25)29)10-22-20(30)26-8-4-6-15(11-26)27-12-23-18(24-27)17(21)28/h2-3,5,7,9,12,15H,4,6,8,10-11H2,1H3,(H2,21,28)(H,22,30). The molecule has 156 valence electrons. The van der Waals surface area contributed by atoms with Crippen molar-refractivity contribution >= 4 is 22.8 Å². The number of nitrogens with zero attached hydrogens (tertiary/aromatic N) is 5. The first kappa shape index (κ1) is 19.6. The fraction of sp³-hybridized carbons (Fsp3) is 0.350. The molecule has 0 saturated carbocycles. The van der Waals surface area contributed by atoms with Crippen LogP contribution < -0.4 is 16.6 Å². The summed E-state index contributed by atoms with van der Waals surface area (Å²) in [4.78, 5) is 42.1. The summed E-state index contributed by atoms with van der Waals surface area (Å²) in [5.41, 5.74) is 6.45. The predicted octanol–water partition coefficient (Wildman–Crippen LogP) is 0.776. The van der Waals surface area contributed by atoms with E-state index < -0.39 is 5.91 Å². The molecule has 1 saturated heterocycles. The number of hydrogen-bond donors (Lipinski definition) is 2. The van der Waals surface area contributed by atoms with Crippen LogP contribution in [0.4, 0.5) is 4.79 Å². The van der Waals surface area contributed by atoms with Crippen LogP contribution in [0.5, 0.6) is 0 Å². The Morgan fingerprint density at radius 2 is 2.10 bits per heavy atom. The van der Waals surface area contributed by atoms with Crippen molar-refractivity contribution in [2.24, 2.45) is 12.8 Å². The summed E-state index contributed by atoms with van der Waals surface area (Å²) in [6.45, 7) is 1.19. The first-order valence-electron chi connectivity index (χ1n) is 9.75. The van der Waals surface area contributed by atoms with Crippen molar-refractivity contribution in [3.8, 4) is 0 Å². The second-order valence-corrected chi connectivity index (χ2v) is 7.41. The number of likely N-dealkylation sites (tertiary alicyclic amines) is 1. The Bertz CT molecular complexity index is 1170. The van der Waals surface area contributed by atoms with E-state index in [-0.39, 0.29) is 30.0 Å². The van der Waals surface area contributed by atoms with Crippen molar-refractivity contribution < 1.29 is 9.59 Å². The van der Waals surface area contributed by atoms with E-state index in [2.05, 4.69) is 15.4 Å². The smallest absolute Gasteiger partial charge is 0.317 e. The van der Waals surface area contributed by atoms with E-state index in [1.165, 1.54) is 6.33 Å². The number of urea groups is 1. The molecule has 3 amide bonds. The highest BCUT2D eigenvalue weighted by Crippen LogP contribution is 2.20. The Kier molecular flexibility index (Phi) is 5.21. The average Bonchev–Trinajstić information content (AvgIpc) is 3.26. The van der Waals surface area contributed by atoms with Crippen LogP contribution in [-0.2, 0) is 13.6 Å². The Morgan fingerprint density at radius 1 is 1.30 bits per heavy atom. The maximum Gasteiger partial charge on any atom is 0.317 e. The number of aromatic nitrogens is 4. The predicted molar refractivity (Wildman–Crippen MR) is 110 cm³/mol. The molecule has 30 heavy (non-hydrogen) atoms. The molecule has 3 aromatic rings. The topological polar surface area (TPSA) is 128 Å². The van der Waals surface area contributed by atoms with Gasteiger partial charge >= 0.3 is 6.03 Å². The minimum Gasteiger partial charge on any atom is -0.363 e. The maximum absolute atomic E-state index is 12.7. The van der Waals surface area contributed by atoms with E-state index in [1.54, 1.807) is 21.2 Å². The zero-order valence-electron chi connectivity index (χ0n) is 16.6. The van der Waals surface area contributed by atoms with Crippen LogP contribution in [0.2, 0.25) is 0 Å². The molecule has 1 fully saturated rings. The maximum atomic E-state index is 12.7. The number of pyridine rings is 1. The number of nitrogens with two attached hydrogens (primary N) is 1. The third-order valence-electron chi connectivity index (χ3n) is 5.42. The molecule has 10 nitrogen and oxygen atoms in total. The highest BCUT2D eigenvalue weighted by molar-refractivity contribution is 5.88. The van der Waals surface area contributed by atoms with Crippen LogP contribution >= 0.6 is 0 Å². The van der Waals surface area contributed by atoms with Gasteiger partial charge in [-0.05, 0) is 30.4 Å². The van der Waals surface area contributed by atoms with E-state index in [0.717, 1.165) is 23.7 Å². The van der Waals surface area contributed by atoms with Gasteiger partial charge in [-0.25, -0.2) is 14.5 Å². The monoisotopic (exact) mass is 409 g/mol. The number of aryl methyl sites for hydroxylation is 1. The first-order chi connectivity index (χ1) is 14.4. The second kappa shape index (κ2) is 7.97. The van der Waals surface area contributed by atoms with Gasteiger partial charge in [0.05, 0.1) is 11.6 Å². The molecule has 0 aliphatic carbocycles. The number of nitrogens with one attached hydrogen (secondary N) is 1. The van der Waals surface area contributed by atoms with Crippen molar-refractivity contribution in [2.75, 3.05) is 13.1 Å². The highest BCUT2D eigenvalue weighted by Gasteiger charge is 2.26. The highest BCUT2D eigenvalue weighted by atomic mass is 16.2. The lowest BCUT2D eigenvalue weighted by molar-refractivity contribution is 0.0989. The van der Waals surface area contributed by atoms with Gasteiger partial charge in [0, 0.05) is 32.2 Å². The van der Waals surface area contributed by atoms with Gasteiger partial charge in [0.1, 0.15) is 6.33 Å². The van der Waals surface area contributed by atoms with Gasteiger partial charge in [-0.2, -0.15) is 0 Å². The van der Waals surface area contributed by atoms with Crippen LogP contribution in [0.3, 0.4) is 0 Å². The molecule has 1 aromatic carbocycles. The number of primary amides is 1. The largest absolute Gasteiger partial charge is 0.363 e. The summed E-state index contributed by atoms with van der Waals surface area (Å²) in [6.07, 6.45) is 3.07. The zero-order chi connectivity index (χ0) is 21.3. The SMILES string of the molecule is Cn1c(=O)c(CNC(=O)N2CCCC(n3cnc(C(N)=O)n3)C2)cc2ccccc21. The Labute approximate surface area is 172 Å². The van der Waals surface area contributed by atoms with E-state index >= 15 is 0 Å². The average molecular weight is 409 g/mol. The van der Waals surface area contributed by atoms with E-state index in [9.17, 15) is 14.4 Å². The number of piperidine rings is 1. The van der Waals surface area contributed by atoms with Crippen LogP contribution in [0.25, 0.3) is 10.9 Å². The Hall–Kier alpha value is -3.69. The summed E-state index contributed by atoms with van der Waals surface area (Å²) in [6, 6.07) is 9.12. The van der Waals surface area contributed by atoms with Gasteiger partial charge in [-0.15, -0.1) is 5.10 Å². The van der Waals surface area contributed by atoms with Crippen LogP contribution in [0.15, 0.2) is 41.5 Å². The third kappa shape index (κ3) is 3.76. The lowest BCUT2D eigenvalue weighted by Crippen LogP contribution is -2.46. The summed E-state index contributed by atoms with van der Waals surface area (Å²) in [7, 11) is 1.73. The molecular weight excluding hydrogens is 386 g/mol. The summed E-state index contributed by atoms with van der Waals surface area (Å²) in [5.74, 6) is -0.722. The number of para-hydroxylation sites is 1.